The average Bonchev–Trinajstić information content (AvgIpc) is 2.41. The van der Waals surface area contributed by atoms with Crippen molar-refractivity contribution in [2.24, 2.45) is 0 Å². The van der Waals surface area contributed by atoms with Crippen LogP contribution in [-0.4, -0.2) is 5.91 Å². The van der Waals surface area contributed by atoms with Crippen LogP contribution in [0, 0.1) is 3.57 Å². The number of benzene rings is 2. The maximum absolute atomic E-state index is 12.4. The molecular formula is C15H12Br2INO. The van der Waals surface area contributed by atoms with Gasteiger partial charge in [0.1, 0.15) is 0 Å². The Kier molecular flexibility index (Phi) is 5.63. The highest BCUT2D eigenvalue weighted by Gasteiger charge is 2.14. The summed E-state index contributed by atoms with van der Waals surface area (Å²) in [6.45, 7) is 2.04. The lowest BCUT2D eigenvalue weighted by Crippen LogP contribution is -2.14. The molecule has 0 aromatic heterocycles. The van der Waals surface area contributed by atoms with Gasteiger partial charge in [-0.2, -0.15) is 0 Å². The zero-order valence-corrected chi connectivity index (χ0v) is 16.0. The molecule has 0 aliphatic rings. The third-order valence-corrected chi connectivity index (χ3v) is 4.74. The number of rotatable bonds is 3. The van der Waals surface area contributed by atoms with E-state index in [4.69, 9.17) is 0 Å². The molecule has 1 unspecified atom stereocenters. The molecular weight excluding hydrogens is 497 g/mol. The molecule has 0 bridgehead atoms. The van der Waals surface area contributed by atoms with Crippen molar-refractivity contribution in [2.75, 3.05) is 5.32 Å². The van der Waals surface area contributed by atoms with Crippen molar-refractivity contribution >= 4 is 66.0 Å². The normalized spacial score (nSPS) is 12.0. The molecule has 2 aromatic rings. The van der Waals surface area contributed by atoms with Crippen molar-refractivity contribution in [3.8, 4) is 0 Å². The number of carbonyl (C=O) groups is 1. The summed E-state index contributed by atoms with van der Waals surface area (Å²) in [6, 6.07) is 13.5. The van der Waals surface area contributed by atoms with Crippen LogP contribution < -0.4 is 5.32 Å². The van der Waals surface area contributed by atoms with Crippen LogP contribution in [0.3, 0.4) is 0 Å². The van der Waals surface area contributed by atoms with Gasteiger partial charge in [-0.25, -0.2) is 0 Å². The van der Waals surface area contributed by atoms with Gasteiger partial charge in [-0.1, -0.05) is 50.1 Å². The van der Waals surface area contributed by atoms with Gasteiger partial charge in [0.05, 0.1) is 5.56 Å². The molecule has 0 aliphatic heterocycles. The third kappa shape index (κ3) is 3.83. The summed E-state index contributed by atoms with van der Waals surface area (Å²) in [7, 11) is 0. The first-order valence-corrected chi connectivity index (χ1v) is 8.77. The summed E-state index contributed by atoms with van der Waals surface area (Å²) in [6.07, 6.45) is 0. The van der Waals surface area contributed by atoms with Gasteiger partial charge < -0.3 is 5.32 Å². The molecule has 1 atom stereocenters. The van der Waals surface area contributed by atoms with E-state index in [-0.39, 0.29) is 10.7 Å². The smallest absolute Gasteiger partial charge is 0.256 e. The van der Waals surface area contributed by atoms with E-state index in [1.54, 1.807) is 0 Å². The Bertz CT molecular complexity index is 644. The second-order valence-corrected chi connectivity index (χ2v) is 7.73. The zero-order chi connectivity index (χ0) is 14.7. The molecule has 2 rings (SSSR count). The summed E-state index contributed by atoms with van der Waals surface area (Å²) in [5.74, 6) is -0.101. The van der Waals surface area contributed by atoms with E-state index in [2.05, 4.69) is 59.8 Å². The first-order valence-electron chi connectivity index (χ1n) is 5.98. The van der Waals surface area contributed by atoms with E-state index in [0.29, 0.717) is 5.56 Å². The van der Waals surface area contributed by atoms with Gasteiger partial charge in [-0.3, -0.25) is 4.79 Å². The molecule has 0 radical (unpaired) electrons. The van der Waals surface area contributed by atoms with Crippen LogP contribution in [0.1, 0.15) is 27.7 Å². The highest BCUT2D eigenvalue weighted by Crippen LogP contribution is 2.29. The number of anilines is 1. The van der Waals surface area contributed by atoms with Gasteiger partial charge in [-0.05, 0) is 59.3 Å². The van der Waals surface area contributed by atoms with Crippen LogP contribution in [0.15, 0.2) is 46.9 Å². The van der Waals surface area contributed by atoms with Crippen LogP contribution in [0.25, 0.3) is 0 Å². The Morgan fingerprint density at radius 2 is 1.95 bits per heavy atom. The van der Waals surface area contributed by atoms with Crippen molar-refractivity contribution in [1.29, 1.82) is 0 Å². The SMILES string of the molecule is CC(Br)c1ccccc1NC(=O)c1cc(Br)ccc1I. The number of halogens is 3. The molecule has 0 saturated carbocycles. The van der Waals surface area contributed by atoms with Crippen LogP contribution in [-0.2, 0) is 0 Å². The van der Waals surface area contributed by atoms with E-state index >= 15 is 0 Å². The quantitative estimate of drug-likeness (QED) is 0.414. The second kappa shape index (κ2) is 7.04. The Hall–Kier alpha value is -0.400. The van der Waals surface area contributed by atoms with Crippen LogP contribution in [0.2, 0.25) is 0 Å². The van der Waals surface area contributed by atoms with E-state index in [0.717, 1.165) is 19.3 Å². The average molecular weight is 509 g/mol. The molecule has 5 heteroatoms. The number of alkyl halides is 1. The summed E-state index contributed by atoms with van der Waals surface area (Å²) in [5.41, 5.74) is 2.56. The van der Waals surface area contributed by atoms with Gasteiger partial charge in [0.2, 0.25) is 0 Å². The van der Waals surface area contributed by atoms with Gasteiger partial charge in [0.15, 0.2) is 0 Å². The molecule has 0 fully saturated rings. The molecule has 2 nitrogen and oxygen atoms in total. The minimum atomic E-state index is -0.101. The molecule has 0 heterocycles. The number of para-hydroxylation sites is 1. The van der Waals surface area contributed by atoms with Crippen LogP contribution in [0.4, 0.5) is 5.69 Å². The fraction of sp³-hybridized carbons (Fsp3) is 0.133. The number of carbonyl (C=O) groups excluding carboxylic acids is 1. The van der Waals surface area contributed by atoms with Crippen molar-refractivity contribution in [3.05, 3.63) is 61.6 Å². The van der Waals surface area contributed by atoms with Crippen LogP contribution >= 0.6 is 54.5 Å². The Balaban J connectivity index is 2.31. The Morgan fingerprint density at radius 1 is 1.25 bits per heavy atom. The fourth-order valence-corrected chi connectivity index (χ4v) is 3.16. The lowest BCUT2D eigenvalue weighted by atomic mass is 10.1. The maximum Gasteiger partial charge on any atom is 0.256 e. The molecule has 0 saturated heterocycles. The first kappa shape index (κ1) is 16.0. The monoisotopic (exact) mass is 507 g/mol. The summed E-state index contributed by atoms with van der Waals surface area (Å²) < 4.78 is 1.82. The van der Waals surface area contributed by atoms with E-state index in [1.165, 1.54) is 0 Å². The lowest BCUT2D eigenvalue weighted by Gasteiger charge is -2.13. The molecule has 104 valence electrons. The molecule has 2 aromatic carbocycles. The van der Waals surface area contributed by atoms with E-state index in [9.17, 15) is 4.79 Å². The van der Waals surface area contributed by atoms with Gasteiger partial charge in [-0.15, -0.1) is 0 Å². The second-order valence-electron chi connectivity index (χ2n) is 4.28. The number of amides is 1. The maximum atomic E-state index is 12.4. The minimum absolute atomic E-state index is 0.101. The van der Waals surface area contributed by atoms with E-state index in [1.807, 2.05) is 49.4 Å². The van der Waals surface area contributed by atoms with Gasteiger partial charge in [0, 0.05) is 18.6 Å². The van der Waals surface area contributed by atoms with Crippen molar-refractivity contribution < 1.29 is 4.79 Å². The first-order chi connectivity index (χ1) is 9.49. The number of hydrogen-bond donors (Lipinski definition) is 1. The Labute approximate surface area is 148 Å². The predicted molar refractivity (Wildman–Crippen MR) is 98.6 cm³/mol. The molecule has 0 spiro atoms. The molecule has 20 heavy (non-hydrogen) atoms. The molecule has 1 amide bonds. The minimum Gasteiger partial charge on any atom is -0.322 e. The zero-order valence-electron chi connectivity index (χ0n) is 10.7. The van der Waals surface area contributed by atoms with Crippen molar-refractivity contribution in [2.45, 2.75) is 11.8 Å². The number of nitrogens with one attached hydrogen (secondary N) is 1. The molecule has 1 N–H and O–H groups in total. The predicted octanol–water partition coefficient (Wildman–Crippen LogP) is 5.76. The topological polar surface area (TPSA) is 29.1 Å². The largest absolute Gasteiger partial charge is 0.322 e. The van der Waals surface area contributed by atoms with Crippen LogP contribution in [0.5, 0.6) is 0 Å². The standard InChI is InChI=1S/C15H12Br2INO/c1-9(16)11-4-2-3-5-14(11)19-15(20)12-8-10(17)6-7-13(12)18/h2-9H,1H3,(H,19,20). The highest BCUT2D eigenvalue weighted by atomic mass is 127. The summed E-state index contributed by atoms with van der Waals surface area (Å²) >= 11 is 9.11. The van der Waals surface area contributed by atoms with Crippen molar-refractivity contribution in [1.82, 2.24) is 0 Å². The number of hydrogen-bond acceptors (Lipinski definition) is 1. The molecule has 0 aliphatic carbocycles. The van der Waals surface area contributed by atoms with E-state index < -0.39 is 0 Å². The lowest BCUT2D eigenvalue weighted by molar-refractivity contribution is 0.102. The Morgan fingerprint density at radius 3 is 2.65 bits per heavy atom. The summed E-state index contributed by atoms with van der Waals surface area (Å²) in [4.78, 5) is 12.6. The summed E-state index contributed by atoms with van der Waals surface area (Å²) in [5, 5.41) is 2.98. The van der Waals surface area contributed by atoms with Crippen molar-refractivity contribution in [3.63, 3.8) is 0 Å². The third-order valence-electron chi connectivity index (χ3n) is 2.81. The fourth-order valence-electron chi connectivity index (χ4n) is 1.82. The van der Waals surface area contributed by atoms with Gasteiger partial charge in [0.25, 0.3) is 5.91 Å². The van der Waals surface area contributed by atoms with Gasteiger partial charge >= 0.3 is 0 Å². The highest BCUT2D eigenvalue weighted by molar-refractivity contribution is 14.1.